The van der Waals surface area contributed by atoms with Crippen LogP contribution in [0.2, 0.25) is 0 Å². The third kappa shape index (κ3) is 5.16. The molecule has 0 unspecified atom stereocenters. The number of anilines is 1. The lowest BCUT2D eigenvalue weighted by Crippen LogP contribution is -2.43. The van der Waals surface area contributed by atoms with Gasteiger partial charge in [0.2, 0.25) is 0 Å². The van der Waals surface area contributed by atoms with Gasteiger partial charge in [-0.05, 0) is 60.4 Å². The number of rotatable bonds is 8. The number of hydrogen-bond donors (Lipinski definition) is 2. The number of aryl methyl sites for hydroxylation is 1. The van der Waals surface area contributed by atoms with E-state index in [1.165, 1.54) is 15.5 Å². The zero-order valence-corrected chi connectivity index (χ0v) is 23.7. The van der Waals surface area contributed by atoms with E-state index in [4.69, 9.17) is 5.73 Å². The summed E-state index contributed by atoms with van der Waals surface area (Å²) in [7, 11) is 0. The Morgan fingerprint density at radius 3 is 2.52 bits per heavy atom. The van der Waals surface area contributed by atoms with Gasteiger partial charge >= 0.3 is 5.69 Å². The molecule has 42 heavy (non-hydrogen) atoms. The van der Waals surface area contributed by atoms with Crippen LogP contribution in [0.1, 0.15) is 37.9 Å². The summed E-state index contributed by atoms with van der Waals surface area (Å²) in [4.78, 5) is 28.4. The minimum Gasteiger partial charge on any atom is -0.508 e. The predicted octanol–water partition coefficient (Wildman–Crippen LogP) is 5.69. The molecule has 0 aliphatic heterocycles. The van der Waals surface area contributed by atoms with E-state index in [2.05, 4.69) is 15.0 Å². The number of aromatic nitrogens is 4. The van der Waals surface area contributed by atoms with Gasteiger partial charge in [0.1, 0.15) is 23.1 Å². The predicted molar refractivity (Wildman–Crippen MR) is 158 cm³/mol. The summed E-state index contributed by atoms with van der Waals surface area (Å²) < 4.78 is 46.3. The van der Waals surface area contributed by atoms with Crippen LogP contribution >= 0.6 is 0 Å². The molecule has 5 rings (SSSR count). The fourth-order valence-corrected chi connectivity index (χ4v) is 5.19. The highest BCUT2D eigenvalue weighted by atomic mass is 19.3. The van der Waals surface area contributed by atoms with Gasteiger partial charge < -0.3 is 15.7 Å². The average molecular weight is 577 g/mol. The van der Waals surface area contributed by atoms with Gasteiger partial charge in [-0.1, -0.05) is 38.1 Å². The number of alkyl halides is 2. The monoisotopic (exact) mass is 576 g/mol. The lowest BCUT2D eigenvalue weighted by molar-refractivity contribution is 0.0189. The van der Waals surface area contributed by atoms with Gasteiger partial charge in [-0.2, -0.15) is 4.98 Å². The summed E-state index contributed by atoms with van der Waals surface area (Å²) in [5.41, 5.74) is 6.43. The van der Waals surface area contributed by atoms with E-state index in [9.17, 15) is 18.7 Å². The zero-order valence-electron chi connectivity index (χ0n) is 23.7. The first-order valence-corrected chi connectivity index (χ1v) is 13.6. The maximum atomic E-state index is 16.1. The van der Waals surface area contributed by atoms with Crippen molar-refractivity contribution in [2.45, 2.75) is 39.5 Å². The fourth-order valence-electron chi connectivity index (χ4n) is 5.19. The Labute approximate surface area is 240 Å². The molecule has 0 atom stereocenters. The molecule has 0 radical (unpaired) electrons. The number of pyridine rings is 2. The lowest BCUT2D eigenvalue weighted by Gasteiger charge is -2.28. The molecule has 8 nitrogen and oxygen atoms in total. The molecular formula is C31H31F3N6O2. The molecule has 218 valence electrons. The Morgan fingerprint density at radius 1 is 1.10 bits per heavy atom. The van der Waals surface area contributed by atoms with Crippen LogP contribution in [0.3, 0.4) is 0 Å². The maximum absolute atomic E-state index is 16.1. The molecule has 3 heterocycles. The number of benzene rings is 2. The van der Waals surface area contributed by atoms with Gasteiger partial charge in [0.05, 0.1) is 29.9 Å². The van der Waals surface area contributed by atoms with Gasteiger partial charge in [-0.15, -0.1) is 0 Å². The first-order chi connectivity index (χ1) is 20.0. The van der Waals surface area contributed by atoms with Crippen LogP contribution in [0.15, 0.2) is 59.5 Å². The second-order valence-corrected chi connectivity index (χ2v) is 10.5. The highest BCUT2D eigenvalue weighted by Gasteiger charge is 2.32. The molecule has 5 aromatic rings. The molecule has 0 saturated carbocycles. The average Bonchev–Trinajstić information content (AvgIpc) is 2.95. The molecule has 0 bridgehead atoms. The topological polar surface area (TPSA) is 110 Å². The van der Waals surface area contributed by atoms with Crippen LogP contribution in [0.5, 0.6) is 5.75 Å². The van der Waals surface area contributed by atoms with Crippen molar-refractivity contribution in [3.63, 3.8) is 0 Å². The summed E-state index contributed by atoms with van der Waals surface area (Å²) in [6.07, 6.45) is 1.63. The van der Waals surface area contributed by atoms with Gasteiger partial charge in [-0.25, -0.2) is 27.5 Å². The van der Waals surface area contributed by atoms with E-state index in [0.29, 0.717) is 33.3 Å². The third-order valence-electron chi connectivity index (χ3n) is 7.23. The van der Waals surface area contributed by atoms with Crippen LogP contribution in [0, 0.1) is 12.7 Å². The van der Waals surface area contributed by atoms with Crippen molar-refractivity contribution in [1.82, 2.24) is 19.5 Å². The lowest BCUT2D eigenvalue weighted by atomic mass is 10.0. The van der Waals surface area contributed by atoms with E-state index >= 15 is 4.39 Å². The molecule has 3 N–H and O–H groups in total. The molecule has 0 amide bonds. The zero-order chi connectivity index (χ0) is 30.3. The van der Waals surface area contributed by atoms with Crippen LogP contribution < -0.4 is 16.3 Å². The molecule has 0 spiro atoms. The number of phenols is 1. The Kier molecular flexibility index (Phi) is 7.63. The largest absolute Gasteiger partial charge is 0.508 e. The molecule has 11 heteroatoms. The standard InChI is InChI=1S/C31H31F3N6O2/c1-5-39(16-31(33,34)15-35)28-23-14-24(32)26(22-13-20(41)12-19-8-6-7-9-21(19)22)37-29(23)40(30(42)38-28)27-18(4)10-11-36-25(27)17(2)3/h6-14,17,41H,5,15-16,35H2,1-4H3. The van der Waals surface area contributed by atoms with Crippen molar-refractivity contribution in [2.75, 3.05) is 24.5 Å². The van der Waals surface area contributed by atoms with E-state index in [1.54, 1.807) is 49.5 Å². The molecule has 0 aliphatic carbocycles. The number of nitrogens with two attached hydrogens (primary N) is 1. The molecule has 0 saturated heterocycles. The Morgan fingerprint density at radius 2 is 1.83 bits per heavy atom. The third-order valence-corrected chi connectivity index (χ3v) is 7.23. The Balaban J connectivity index is 1.92. The van der Waals surface area contributed by atoms with Gasteiger partial charge in [0, 0.05) is 18.3 Å². The SMILES string of the molecule is CCN(CC(F)(F)CN)c1nc(=O)n(-c2c(C)ccnc2C(C)C)c2nc(-c3cc(O)cc4ccccc34)c(F)cc12. The van der Waals surface area contributed by atoms with E-state index in [0.717, 1.165) is 6.07 Å². The van der Waals surface area contributed by atoms with Crippen molar-refractivity contribution in [2.24, 2.45) is 5.73 Å². The summed E-state index contributed by atoms with van der Waals surface area (Å²) in [5, 5.41) is 11.8. The van der Waals surface area contributed by atoms with Crippen molar-refractivity contribution >= 4 is 27.6 Å². The maximum Gasteiger partial charge on any atom is 0.355 e. The number of nitrogens with zero attached hydrogens (tertiary/aromatic N) is 5. The minimum absolute atomic E-state index is 0.0151. The number of halogens is 3. The fraction of sp³-hybridized carbons (Fsp3) is 0.290. The van der Waals surface area contributed by atoms with E-state index in [1.807, 2.05) is 20.8 Å². The normalized spacial score (nSPS) is 12.0. The Bertz CT molecular complexity index is 1870. The highest BCUT2D eigenvalue weighted by molar-refractivity contribution is 5.99. The number of hydrogen-bond acceptors (Lipinski definition) is 7. The number of fused-ring (bicyclic) bond motifs is 2. The van der Waals surface area contributed by atoms with Crippen LogP contribution in [0.25, 0.3) is 38.8 Å². The Hall–Kier alpha value is -4.51. The molecule has 0 aliphatic rings. The van der Waals surface area contributed by atoms with Crippen LogP contribution in [-0.2, 0) is 0 Å². The second kappa shape index (κ2) is 11.1. The molecule has 2 aromatic carbocycles. The summed E-state index contributed by atoms with van der Waals surface area (Å²) in [6, 6.07) is 13.0. The van der Waals surface area contributed by atoms with Crippen LogP contribution in [-0.4, -0.2) is 50.2 Å². The van der Waals surface area contributed by atoms with E-state index in [-0.39, 0.29) is 40.8 Å². The molecular weight excluding hydrogens is 545 g/mol. The van der Waals surface area contributed by atoms with Crippen molar-refractivity contribution in [3.8, 4) is 22.7 Å². The summed E-state index contributed by atoms with van der Waals surface area (Å²) in [6.45, 7) is 5.59. The second-order valence-electron chi connectivity index (χ2n) is 10.5. The first kappa shape index (κ1) is 29.0. The van der Waals surface area contributed by atoms with Gasteiger partial charge in [0.25, 0.3) is 5.92 Å². The first-order valence-electron chi connectivity index (χ1n) is 13.6. The highest BCUT2D eigenvalue weighted by Crippen LogP contribution is 2.36. The van der Waals surface area contributed by atoms with Crippen molar-refractivity contribution in [1.29, 1.82) is 0 Å². The van der Waals surface area contributed by atoms with Gasteiger partial charge in [-0.3, -0.25) is 4.98 Å². The minimum atomic E-state index is -3.28. The quantitative estimate of drug-likeness (QED) is 0.244. The van der Waals surface area contributed by atoms with Crippen LogP contribution in [0.4, 0.5) is 19.0 Å². The smallest absolute Gasteiger partial charge is 0.355 e. The van der Waals surface area contributed by atoms with Crippen molar-refractivity contribution < 1.29 is 18.3 Å². The van der Waals surface area contributed by atoms with Gasteiger partial charge in [0.15, 0.2) is 5.65 Å². The molecule has 3 aromatic heterocycles. The summed E-state index contributed by atoms with van der Waals surface area (Å²) in [5.74, 6) is -4.39. The number of phenolic OH excluding ortho intramolecular Hbond substituents is 1. The van der Waals surface area contributed by atoms with E-state index < -0.39 is 30.5 Å². The van der Waals surface area contributed by atoms with Crippen molar-refractivity contribution in [3.05, 3.63) is 82.3 Å². The number of aromatic hydroxyl groups is 1. The summed E-state index contributed by atoms with van der Waals surface area (Å²) >= 11 is 0. The molecule has 0 fully saturated rings.